The van der Waals surface area contributed by atoms with Crippen LogP contribution >= 0.6 is 11.9 Å². The maximum atomic E-state index is 15.1. The Bertz CT molecular complexity index is 1210. The van der Waals surface area contributed by atoms with E-state index in [4.69, 9.17) is 18.9 Å². The molecule has 192 valence electrons. The zero-order valence-corrected chi connectivity index (χ0v) is 20.6. The molecule has 3 rings (SSSR count). The van der Waals surface area contributed by atoms with Crippen molar-refractivity contribution in [3.05, 3.63) is 65.5 Å². The van der Waals surface area contributed by atoms with Gasteiger partial charge in [0.05, 0.1) is 34.1 Å². The van der Waals surface area contributed by atoms with Gasteiger partial charge in [-0.3, -0.25) is 0 Å². The molecule has 0 amide bonds. The summed E-state index contributed by atoms with van der Waals surface area (Å²) in [4.78, 5) is 0.374. The first-order valence-electron chi connectivity index (χ1n) is 10.3. The third-order valence-corrected chi connectivity index (χ3v) is 5.61. The quantitative estimate of drug-likeness (QED) is 0.173. The lowest BCUT2D eigenvalue weighted by Gasteiger charge is -2.14. The maximum absolute atomic E-state index is 15.1. The average molecular weight is 526 g/mol. The molecule has 3 aromatic carbocycles. The maximum Gasteiger partial charge on any atom is 0.573 e. The molecule has 11 heteroatoms. The lowest BCUT2D eigenvalue weighted by atomic mass is 10.1. The van der Waals surface area contributed by atoms with Crippen LogP contribution in [0.2, 0.25) is 0 Å². The summed E-state index contributed by atoms with van der Waals surface area (Å²) in [5.74, 6) is 0.280. The minimum Gasteiger partial charge on any atom is -0.494 e. The van der Waals surface area contributed by atoms with Crippen LogP contribution in [0.1, 0.15) is 11.1 Å². The minimum absolute atomic E-state index is 0.00260. The van der Waals surface area contributed by atoms with E-state index < -0.39 is 12.2 Å². The Morgan fingerprint density at radius 2 is 1.47 bits per heavy atom. The van der Waals surface area contributed by atoms with Gasteiger partial charge in [-0.25, -0.2) is 4.39 Å². The van der Waals surface area contributed by atoms with Crippen molar-refractivity contribution in [2.24, 2.45) is 0 Å². The molecule has 3 aromatic rings. The number of hydrogen-bond donors (Lipinski definition) is 1. The first kappa shape index (κ1) is 26.9. The van der Waals surface area contributed by atoms with Crippen LogP contribution < -0.4 is 28.4 Å². The Kier molecular flexibility index (Phi) is 8.81. The molecule has 0 aromatic heterocycles. The fourth-order valence-corrected chi connectivity index (χ4v) is 3.95. The Balaban J connectivity index is 1.91. The van der Waals surface area contributed by atoms with Gasteiger partial charge in [-0.05, 0) is 60.0 Å². The summed E-state index contributed by atoms with van der Waals surface area (Å²) in [5, 5.41) is 0. The molecule has 0 fully saturated rings. The fourth-order valence-electron chi connectivity index (χ4n) is 3.20. The molecular weight excluding hydrogens is 502 g/mol. The van der Waals surface area contributed by atoms with Crippen molar-refractivity contribution >= 4 is 29.8 Å². The predicted molar refractivity (Wildman–Crippen MR) is 131 cm³/mol. The molecule has 0 radical (unpaired) electrons. The number of alkyl halides is 3. The molecule has 0 aliphatic carbocycles. The number of anilines is 1. The molecule has 0 saturated carbocycles. The van der Waals surface area contributed by atoms with E-state index in [1.54, 1.807) is 36.4 Å². The SMILES string of the molecule is COc1ccc(/C=C\c2cc(OC)c(OC)c(OC)c2)c(NSc2cccc(OC(F)(F)F)c2)c1F. The minimum atomic E-state index is -4.82. The summed E-state index contributed by atoms with van der Waals surface area (Å²) in [6.07, 6.45) is -1.44. The second-order valence-electron chi connectivity index (χ2n) is 7.06. The molecule has 0 unspecified atom stereocenters. The second-order valence-corrected chi connectivity index (χ2v) is 7.94. The molecule has 0 spiro atoms. The van der Waals surface area contributed by atoms with E-state index in [1.165, 1.54) is 52.7 Å². The summed E-state index contributed by atoms with van der Waals surface area (Å²) in [6.45, 7) is 0. The van der Waals surface area contributed by atoms with Crippen LogP contribution in [0.4, 0.5) is 23.2 Å². The monoisotopic (exact) mass is 525 g/mol. The highest BCUT2D eigenvalue weighted by molar-refractivity contribution is 8.00. The van der Waals surface area contributed by atoms with Crippen molar-refractivity contribution < 1.29 is 41.2 Å². The van der Waals surface area contributed by atoms with E-state index in [0.29, 0.717) is 33.3 Å². The smallest absolute Gasteiger partial charge is 0.494 e. The number of methoxy groups -OCH3 is 4. The molecule has 0 aliphatic heterocycles. The highest BCUT2D eigenvalue weighted by atomic mass is 32.2. The zero-order valence-electron chi connectivity index (χ0n) is 19.7. The van der Waals surface area contributed by atoms with E-state index in [-0.39, 0.29) is 17.2 Å². The van der Waals surface area contributed by atoms with Gasteiger partial charge in [0, 0.05) is 10.5 Å². The highest BCUT2D eigenvalue weighted by Gasteiger charge is 2.31. The van der Waals surface area contributed by atoms with E-state index >= 15 is 4.39 Å². The van der Waals surface area contributed by atoms with Gasteiger partial charge in [-0.2, -0.15) is 0 Å². The van der Waals surface area contributed by atoms with E-state index in [9.17, 15) is 13.2 Å². The summed E-state index contributed by atoms with van der Waals surface area (Å²) in [5.41, 5.74) is 1.22. The lowest BCUT2D eigenvalue weighted by Crippen LogP contribution is -2.17. The molecule has 0 bridgehead atoms. The summed E-state index contributed by atoms with van der Waals surface area (Å²) in [6, 6.07) is 11.9. The van der Waals surface area contributed by atoms with Crippen LogP contribution in [0.25, 0.3) is 12.2 Å². The third-order valence-electron chi connectivity index (χ3n) is 4.81. The van der Waals surface area contributed by atoms with Crippen molar-refractivity contribution in [1.29, 1.82) is 0 Å². The van der Waals surface area contributed by atoms with Crippen molar-refractivity contribution in [3.8, 4) is 28.7 Å². The van der Waals surface area contributed by atoms with Gasteiger partial charge in [-0.1, -0.05) is 18.2 Å². The van der Waals surface area contributed by atoms with Crippen molar-refractivity contribution in [1.82, 2.24) is 0 Å². The first-order valence-corrected chi connectivity index (χ1v) is 11.1. The number of benzene rings is 3. The predicted octanol–water partition coefficient (Wildman–Crippen LogP) is 7.05. The largest absolute Gasteiger partial charge is 0.573 e. The Morgan fingerprint density at radius 3 is 2.06 bits per heavy atom. The van der Waals surface area contributed by atoms with Crippen LogP contribution in [0.3, 0.4) is 0 Å². The van der Waals surface area contributed by atoms with Gasteiger partial charge in [-0.15, -0.1) is 13.2 Å². The van der Waals surface area contributed by atoms with Crippen LogP contribution in [-0.4, -0.2) is 34.8 Å². The molecule has 0 atom stereocenters. The van der Waals surface area contributed by atoms with Crippen molar-refractivity contribution in [3.63, 3.8) is 0 Å². The lowest BCUT2D eigenvalue weighted by molar-refractivity contribution is -0.274. The van der Waals surface area contributed by atoms with Gasteiger partial charge in [0.15, 0.2) is 23.1 Å². The molecule has 6 nitrogen and oxygen atoms in total. The highest BCUT2D eigenvalue weighted by Crippen LogP contribution is 2.39. The number of halogens is 4. The van der Waals surface area contributed by atoms with E-state index in [1.807, 2.05) is 0 Å². The second kappa shape index (κ2) is 11.8. The Labute approximate surface area is 209 Å². The topological polar surface area (TPSA) is 58.2 Å². The van der Waals surface area contributed by atoms with Crippen molar-refractivity contribution in [2.45, 2.75) is 11.3 Å². The van der Waals surface area contributed by atoms with Gasteiger partial charge < -0.3 is 28.4 Å². The fraction of sp³-hybridized carbons (Fsp3) is 0.200. The average Bonchev–Trinajstić information content (AvgIpc) is 2.85. The van der Waals surface area contributed by atoms with Gasteiger partial charge in [0.1, 0.15) is 5.75 Å². The number of rotatable bonds is 10. The van der Waals surface area contributed by atoms with Gasteiger partial charge >= 0.3 is 6.36 Å². The van der Waals surface area contributed by atoms with Crippen LogP contribution in [0.5, 0.6) is 28.7 Å². The molecule has 1 N–H and O–H groups in total. The van der Waals surface area contributed by atoms with Gasteiger partial charge in [0.2, 0.25) is 5.75 Å². The molecule has 0 aliphatic rings. The van der Waals surface area contributed by atoms with Crippen molar-refractivity contribution in [2.75, 3.05) is 33.2 Å². The third kappa shape index (κ3) is 6.69. The summed E-state index contributed by atoms with van der Waals surface area (Å²) >= 11 is 0.917. The standard InChI is InChI=1S/C25H23F4NO5S/c1-31-19-11-10-16(9-8-15-12-20(32-2)24(34-4)21(13-15)33-3)23(22(19)26)30-36-18-7-5-6-17(14-18)35-25(27,28)29/h5-14,30H,1-4H3/b9-8-. The molecule has 36 heavy (non-hydrogen) atoms. The Morgan fingerprint density at radius 1 is 0.806 bits per heavy atom. The normalized spacial score (nSPS) is 11.3. The molecule has 0 heterocycles. The van der Waals surface area contributed by atoms with Crippen LogP contribution in [0.15, 0.2) is 53.4 Å². The van der Waals surface area contributed by atoms with E-state index in [2.05, 4.69) is 9.46 Å². The number of hydrogen-bond acceptors (Lipinski definition) is 7. The zero-order chi connectivity index (χ0) is 26.3. The Hall–Kier alpha value is -3.73. The number of ether oxygens (including phenoxy) is 5. The van der Waals surface area contributed by atoms with Crippen LogP contribution in [-0.2, 0) is 0 Å². The molecule has 0 saturated heterocycles. The number of nitrogens with one attached hydrogen (secondary N) is 1. The first-order chi connectivity index (χ1) is 17.2. The summed E-state index contributed by atoms with van der Waals surface area (Å²) < 4.78 is 80.7. The van der Waals surface area contributed by atoms with E-state index in [0.717, 1.165) is 11.9 Å². The van der Waals surface area contributed by atoms with Gasteiger partial charge in [0.25, 0.3) is 0 Å². The molecular formula is C25H23F4NO5S. The summed E-state index contributed by atoms with van der Waals surface area (Å²) in [7, 11) is 5.82. The van der Waals surface area contributed by atoms with Crippen LogP contribution in [0, 0.1) is 5.82 Å².